The molecule has 0 saturated heterocycles. The second kappa shape index (κ2) is 4.02. The second-order valence-corrected chi connectivity index (χ2v) is 3.76. The number of aliphatic hydroxyl groups is 1. The van der Waals surface area contributed by atoms with Gasteiger partial charge in [-0.15, -0.1) is 0 Å². The maximum atomic E-state index is 8.88. The van der Waals surface area contributed by atoms with Crippen LogP contribution in [0.5, 0.6) is 0 Å². The van der Waals surface area contributed by atoms with Gasteiger partial charge in [-0.1, -0.05) is 6.42 Å². The molecular weight excluding hydrogens is 178 g/mol. The second-order valence-electron chi connectivity index (χ2n) is 3.76. The summed E-state index contributed by atoms with van der Waals surface area (Å²) in [5.74, 6) is 1.14. The molecule has 1 aromatic heterocycles. The summed E-state index contributed by atoms with van der Waals surface area (Å²) < 4.78 is 0. The number of hydrogen-bond acceptors (Lipinski definition) is 4. The van der Waals surface area contributed by atoms with Crippen molar-refractivity contribution in [2.75, 3.05) is 6.61 Å². The van der Waals surface area contributed by atoms with Crippen LogP contribution in [0.25, 0.3) is 0 Å². The monoisotopic (exact) mass is 193 g/mol. The first-order valence-electron chi connectivity index (χ1n) is 5.00. The Morgan fingerprint density at radius 1 is 1.57 bits per heavy atom. The van der Waals surface area contributed by atoms with E-state index in [0.29, 0.717) is 11.7 Å². The fourth-order valence-electron chi connectivity index (χ4n) is 1.58. The van der Waals surface area contributed by atoms with Gasteiger partial charge in [0.25, 0.3) is 0 Å². The normalized spacial score (nSPS) is 19.0. The predicted octanol–water partition coefficient (Wildman–Crippen LogP) is 0.736. The molecule has 1 fully saturated rings. The molecule has 1 unspecified atom stereocenters. The van der Waals surface area contributed by atoms with Crippen molar-refractivity contribution in [1.29, 1.82) is 0 Å². The van der Waals surface area contributed by atoms with Gasteiger partial charge in [0, 0.05) is 17.8 Å². The van der Waals surface area contributed by atoms with Gasteiger partial charge >= 0.3 is 0 Å². The molecule has 1 heterocycles. The van der Waals surface area contributed by atoms with Gasteiger partial charge < -0.3 is 10.8 Å². The van der Waals surface area contributed by atoms with E-state index in [1.807, 2.05) is 6.07 Å². The molecule has 0 radical (unpaired) electrons. The molecule has 76 valence electrons. The molecule has 14 heavy (non-hydrogen) atoms. The first kappa shape index (κ1) is 9.55. The zero-order valence-electron chi connectivity index (χ0n) is 8.06. The van der Waals surface area contributed by atoms with E-state index in [-0.39, 0.29) is 6.61 Å². The minimum Gasteiger partial charge on any atom is -0.394 e. The minimum atomic E-state index is -0.449. The van der Waals surface area contributed by atoms with E-state index in [1.54, 1.807) is 6.20 Å². The molecule has 3 N–H and O–H groups in total. The first-order chi connectivity index (χ1) is 6.81. The van der Waals surface area contributed by atoms with Crippen LogP contribution in [0.15, 0.2) is 12.3 Å². The third kappa shape index (κ3) is 1.76. The summed E-state index contributed by atoms with van der Waals surface area (Å²) in [5.41, 5.74) is 6.72. The number of aliphatic hydroxyl groups excluding tert-OH is 1. The minimum absolute atomic E-state index is 0.103. The summed E-state index contributed by atoms with van der Waals surface area (Å²) in [6, 6.07) is 1.49. The largest absolute Gasteiger partial charge is 0.394 e. The van der Waals surface area contributed by atoms with E-state index in [2.05, 4.69) is 9.97 Å². The molecule has 1 aromatic rings. The lowest BCUT2D eigenvalue weighted by Crippen LogP contribution is -2.20. The summed E-state index contributed by atoms with van der Waals surface area (Å²) in [7, 11) is 0. The molecule has 1 aliphatic carbocycles. The van der Waals surface area contributed by atoms with E-state index in [9.17, 15) is 0 Å². The highest BCUT2D eigenvalue weighted by molar-refractivity contribution is 5.12. The molecule has 4 heteroatoms. The van der Waals surface area contributed by atoms with Gasteiger partial charge in [-0.2, -0.15) is 0 Å². The van der Waals surface area contributed by atoms with Gasteiger partial charge in [0.05, 0.1) is 12.6 Å². The van der Waals surface area contributed by atoms with Crippen LogP contribution in [0.1, 0.15) is 42.7 Å². The fraction of sp³-hybridized carbons (Fsp3) is 0.600. The van der Waals surface area contributed by atoms with Crippen LogP contribution in [0, 0.1) is 0 Å². The van der Waals surface area contributed by atoms with Gasteiger partial charge in [-0.25, -0.2) is 9.97 Å². The Labute approximate surface area is 83.2 Å². The zero-order valence-corrected chi connectivity index (χ0v) is 8.06. The van der Waals surface area contributed by atoms with Crippen LogP contribution in [0.4, 0.5) is 0 Å². The fourth-order valence-corrected chi connectivity index (χ4v) is 1.58. The smallest absolute Gasteiger partial charge is 0.147 e. The lowest BCUT2D eigenvalue weighted by atomic mass is 9.83. The van der Waals surface area contributed by atoms with E-state index in [4.69, 9.17) is 10.8 Å². The molecule has 0 spiro atoms. The lowest BCUT2D eigenvalue weighted by Gasteiger charge is -2.25. The Morgan fingerprint density at radius 2 is 2.36 bits per heavy atom. The van der Waals surface area contributed by atoms with Crippen molar-refractivity contribution in [3.63, 3.8) is 0 Å². The van der Waals surface area contributed by atoms with Crippen molar-refractivity contribution >= 4 is 0 Å². The van der Waals surface area contributed by atoms with E-state index in [1.165, 1.54) is 19.3 Å². The van der Waals surface area contributed by atoms with Crippen molar-refractivity contribution in [2.45, 2.75) is 31.2 Å². The molecule has 0 bridgehead atoms. The molecule has 0 amide bonds. The van der Waals surface area contributed by atoms with Crippen molar-refractivity contribution in [3.8, 4) is 0 Å². The van der Waals surface area contributed by atoms with Crippen LogP contribution < -0.4 is 5.73 Å². The average Bonchev–Trinajstić information content (AvgIpc) is 2.14. The van der Waals surface area contributed by atoms with Crippen LogP contribution >= 0.6 is 0 Å². The molecule has 1 atom stereocenters. The number of hydrogen-bond donors (Lipinski definition) is 2. The maximum absolute atomic E-state index is 8.88. The highest BCUT2D eigenvalue weighted by Gasteiger charge is 2.21. The van der Waals surface area contributed by atoms with E-state index < -0.39 is 6.04 Å². The van der Waals surface area contributed by atoms with E-state index in [0.717, 1.165) is 5.69 Å². The molecular formula is C10H15N3O. The van der Waals surface area contributed by atoms with Gasteiger partial charge in [-0.05, 0) is 18.9 Å². The highest BCUT2D eigenvalue weighted by atomic mass is 16.3. The third-order valence-corrected chi connectivity index (χ3v) is 2.75. The SMILES string of the molecule is NC(CO)c1nccc(C2CCC2)n1. The van der Waals surface area contributed by atoms with Crippen LogP contribution in [0.2, 0.25) is 0 Å². The quantitative estimate of drug-likeness (QED) is 0.742. The van der Waals surface area contributed by atoms with Crippen molar-refractivity contribution in [3.05, 3.63) is 23.8 Å². The van der Waals surface area contributed by atoms with Crippen LogP contribution in [-0.4, -0.2) is 21.7 Å². The topological polar surface area (TPSA) is 72.0 Å². The van der Waals surface area contributed by atoms with Gasteiger partial charge in [0.1, 0.15) is 5.82 Å². The number of nitrogens with zero attached hydrogens (tertiary/aromatic N) is 2. The number of aromatic nitrogens is 2. The Balaban J connectivity index is 2.17. The first-order valence-corrected chi connectivity index (χ1v) is 5.00. The summed E-state index contributed by atoms with van der Waals surface area (Å²) in [6.45, 7) is -0.103. The van der Waals surface area contributed by atoms with Crippen molar-refractivity contribution in [2.24, 2.45) is 5.73 Å². The summed E-state index contributed by atoms with van der Waals surface area (Å²) in [4.78, 5) is 8.42. The summed E-state index contributed by atoms with van der Waals surface area (Å²) in [5, 5.41) is 8.88. The molecule has 4 nitrogen and oxygen atoms in total. The third-order valence-electron chi connectivity index (χ3n) is 2.75. The Morgan fingerprint density at radius 3 is 2.93 bits per heavy atom. The van der Waals surface area contributed by atoms with Crippen molar-refractivity contribution in [1.82, 2.24) is 9.97 Å². The Bertz CT molecular complexity index is 292. The zero-order chi connectivity index (χ0) is 9.97. The number of nitrogens with two attached hydrogens (primary N) is 1. The van der Waals surface area contributed by atoms with Gasteiger partial charge in [-0.3, -0.25) is 0 Å². The van der Waals surface area contributed by atoms with Gasteiger partial charge in [0.15, 0.2) is 0 Å². The Kier molecular flexibility index (Phi) is 2.74. The standard InChI is InChI=1S/C10H15N3O/c11-8(6-14)10-12-5-4-9(13-10)7-2-1-3-7/h4-5,7-8,14H,1-3,6,11H2. The highest BCUT2D eigenvalue weighted by Crippen LogP contribution is 2.35. The van der Waals surface area contributed by atoms with E-state index >= 15 is 0 Å². The average molecular weight is 193 g/mol. The predicted molar refractivity (Wildman–Crippen MR) is 52.6 cm³/mol. The molecule has 0 aliphatic heterocycles. The maximum Gasteiger partial charge on any atom is 0.147 e. The molecule has 0 aromatic carbocycles. The summed E-state index contributed by atoms with van der Waals surface area (Å²) >= 11 is 0. The lowest BCUT2D eigenvalue weighted by molar-refractivity contribution is 0.262. The van der Waals surface area contributed by atoms with Crippen LogP contribution in [0.3, 0.4) is 0 Å². The van der Waals surface area contributed by atoms with Gasteiger partial charge in [0.2, 0.25) is 0 Å². The number of rotatable bonds is 3. The van der Waals surface area contributed by atoms with Crippen molar-refractivity contribution < 1.29 is 5.11 Å². The van der Waals surface area contributed by atoms with Crippen LogP contribution in [-0.2, 0) is 0 Å². The molecule has 1 saturated carbocycles. The molecule has 2 rings (SSSR count). The molecule has 1 aliphatic rings. The Hall–Kier alpha value is -1.00. The summed E-state index contributed by atoms with van der Waals surface area (Å²) in [6.07, 6.45) is 5.44.